The molecule has 7 heteroatoms. The number of aryl methyl sites for hydroxylation is 1. The predicted molar refractivity (Wildman–Crippen MR) is 81.6 cm³/mol. The lowest BCUT2D eigenvalue weighted by molar-refractivity contribution is 0.0777. The van der Waals surface area contributed by atoms with Crippen LogP contribution in [0, 0.1) is 12.8 Å². The van der Waals surface area contributed by atoms with Crippen LogP contribution in [0.1, 0.15) is 35.7 Å². The first-order chi connectivity index (χ1) is 11.5. The molecule has 1 aromatic heterocycles. The monoisotopic (exact) mass is 335 g/mol. The Morgan fingerprint density at radius 3 is 2.75 bits per heavy atom. The van der Waals surface area contributed by atoms with Gasteiger partial charge < -0.3 is 9.63 Å². The lowest BCUT2D eigenvalue weighted by atomic mass is 10.1. The minimum absolute atomic E-state index is 0.204. The summed E-state index contributed by atoms with van der Waals surface area (Å²) in [6, 6.07) is 8.58. The molecule has 128 valence electrons. The van der Waals surface area contributed by atoms with Crippen molar-refractivity contribution in [2.24, 2.45) is 5.92 Å². The number of aliphatic hydroxyl groups is 1. The number of hydrogen-bond acceptors (Lipinski definition) is 5. The third-order valence-electron chi connectivity index (χ3n) is 5.00. The van der Waals surface area contributed by atoms with Gasteiger partial charge in [0, 0.05) is 19.0 Å². The van der Waals surface area contributed by atoms with E-state index in [1.165, 1.54) is 0 Å². The number of alkyl halides is 2. The highest BCUT2D eigenvalue weighted by molar-refractivity contribution is 5.32. The summed E-state index contributed by atoms with van der Waals surface area (Å²) in [5, 5.41) is 13.7. The fourth-order valence-electron chi connectivity index (χ4n) is 3.77. The minimum Gasteiger partial charge on any atom is -0.392 e. The van der Waals surface area contributed by atoms with Crippen LogP contribution in [-0.4, -0.2) is 45.3 Å². The number of aromatic nitrogens is 2. The summed E-state index contributed by atoms with van der Waals surface area (Å²) in [5.41, 5.74) is 0.664. The maximum Gasteiger partial charge on any atom is 0.260 e. The third kappa shape index (κ3) is 2.61. The number of nitrogens with zero attached hydrogens (tertiary/aromatic N) is 3. The highest BCUT2D eigenvalue weighted by Gasteiger charge is 2.69. The van der Waals surface area contributed by atoms with Gasteiger partial charge in [0.1, 0.15) is 0 Å². The van der Waals surface area contributed by atoms with Gasteiger partial charge in [0.05, 0.1) is 18.1 Å². The van der Waals surface area contributed by atoms with E-state index in [-0.39, 0.29) is 12.6 Å². The van der Waals surface area contributed by atoms with Crippen molar-refractivity contribution in [2.75, 3.05) is 13.1 Å². The van der Waals surface area contributed by atoms with Crippen LogP contribution in [0.15, 0.2) is 34.9 Å². The van der Waals surface area contributed by atoms with Crippen LogP contribution >= 0.6 is 0 Å². The fraction of sp³-hybridized carbons (Fsp3) is 0.529. The zero-order chi connectivity index (χ0) is 16.9. The molecule has 1 N–H and O–H groups in total. The lowest BCUT2D eigenvalue weighted by Gasteiger charge is -2.20. The maximum absolute atomic E-state index is 14.3. The molecule has 1 aliphatic heterocycles. The molecule has 0 amide bonds. The second kappa shape index (κ2) is 5.60. The molecular weight excluding hydrogens is 316 g/mol. The summed E-state index contributed by atoms with van der Waals surface area (Å²) in [6.07, 6.45) is -0.139. The molecule has 0 unspecified atom stereocenters. The zero-order valence-corrected chi connectivity index (χ0v) is 13.3. The van der Waals surface area contributed by atoms with E-state index in [9.17, 15) is 13.9 Å². The zero-order valence-electron chi connectivity index (χ0n) is 13.3. The average Bonchev–Trinajstić information content (AvgIpc) is 2.88. The number of rotatable bonds is 4. The molecule has 1 saturated carbocycles. The van der Waals surface area contributed by atoms with Crippen molar-refractivity contribution in [1.82, 2.24) is 15.0 Å². The van der Waals surface area contributed by atoms with E-state index in [1.807, 2.05) is 11.0 Å². The Bertz CT molecular complexity index is 722. The quantitative estimate of drug-likeness (QED) is 0.930. The second-order valence-corrected chi connectivity index (χ2v) is 6.71. The van der Waals surface area contributed by atoms with E-state index in [2.05, 4.69) is 10.1 Å². The minimum atomic E-state index is -2.72. The van der Waals surface area contributed by atoms with Crippen LogP contribution in [0.25, 0.3) is 0 Å². The Balaban J connectivity index is 1.52. The number of hydrogen-bond donors (Lipinski definition) is 1. The van der Waals surface area contributed by atoms with Crippen molar-refractivity contribution >= 4 is 0 Å². The molecule has 1 aromatic carbocycles. The Labute approximate surface area is 138 Å². The third-order valence-corrected chi connectivity index (χ3v) is 5.00. The first kappa shape index (κ1) is 15.7. The summed E-state index contributed by atoms with van der Waals surface area (Å²) in [7, 11) is 0. The van der Waals surface area contributed by atoms with Crippen LogP contribution in [-0.2, 0) is 0 Å². The van der Waals surface area contributed by atoms with Crippen molar-refractivity contribution in [2.45, 2.75) is 37.3 Å². The van der Waals surface area contributed by atoms with Crippen molar-refractivity contribution in [1.29, 1.82) is 0 Å². The molecule has 4 atom stereocenters. The predicted octanol–water partition coefficient (Wildman–Crippen LogP) is 2.53. The molecule has 2 fully saturated rings. The Hall–Kier alpha value is -1.86. The first-order valence-corrected chi connectivity index (χ1v) is 8.12. The maximum atomic E-state index is 14.3. The topological polar surface area (TPSA) is 62.4 Å². The van der Waals surface area contributed by atoms with Gasteiger partial charge in [-0.1, -0.05) is 35.5 Å². The van der Waals surface area contributed by atoms with Crippen LogP contribution in [0.3, 0.4) is 0 Å². The van der Waals surface area contributed by atoms with E-state index in [1.54, 1.807) is 31.2 Å². The van der Waals surface area contributed by atoms with Gasteiger partial charge in [-0.05, 0) is 18.9 Å². The number of halogens is 2. The number of aliphatic hydroxyl groups excluding tert-OH is 1. The largest absolute Gasteiger partial charge is 0.392 e. The molecule has 0 bridgehead atoms. The summed E-state index contributed by atoms with van der Waals surface area (Å²) >= 11 is 0. The summed E-state index contributed by atoms with van der Waals surface area (Å²) in [4.78, 5) is 6.05. The highest BCUT2D eigenvalue weighted by Crippen LogP contribution is 2.62. The van der Waals surface area contributed by atoms with Crippen molar-refractivity contribution in [3.63, 3.8) is 0 Å². The Morgan fingerprint density at radius 2 is 2.08 bits per heavy atom. The van der Waals surface area contributed by atoms with Gasteiger partial charge in [0.15, 0.2) is 5.82 Å². The molecule has 5 nitrogen and oxygen atoms in total. The highest BCUT2D eigenvalue weighted by atomic mass is 19.3. The molecule has 0 spiro atoms. The number of β-amino-alcohol motifs (C(OH)–C–C–N with tert-alkyl or cyclic N) is 1. The lowest BCUT2D eigenvalue weighted by Crippen LogP contribution is -2.28. The standard InChI is InChI=1S/C17H19F2N3O2/c1-10-20-16(24-21-10)14-7-12(23)8-22(14)9-13-15(17(13,18)19)11-5-3-2-4-6-11/h2-6,12-15,23H,7-9H2,1H3/t12-,13-,14-,15-/m1/s1. The Kier molecular flexibility index (Phi) is 3.65. The molecule has 0 radical (unpaired) electrons. The van der Waals surface area contributed by atoms with Gasteiger partial charge in [-0.3, -0.25) is 4.90 Å². The summed E-state index contributed by atoms with van der Waals surface area (Å²) < 4.78 is 33.8. The van der Waals surface area contributed by atoms with Crippen LogP contribution in [0.2, 0.25) is 0 Å². The number of likely N-dealkylation sites (tertiary alicyclic amines) is 1. The SMILES string of the molecule is Cc1noc([C@H]2C[C@@H](O)CN2C[C@@H]2[C@@H](c3ccccc3)C2(F)F)n1. The van der Waals surface area contributed by atoms with Gasteiger partial charge in [-0.2, -0.15) is 4.98 Å². The molecular formula is C17H19F2N3O2. The van der Waals surface area contributed by atoms with Gasteiger partial charge >= 0.3 is 0 Å². The van der Waals surface area contributed by atoms with Crippen molar-refractivity contribution < 1.29 is 18.4 Å². The number of benzene rings is 1. The van der Waals surface area contributed by atoms with Gasteiger partial charge in [0.2, 0.25) is 5.89 Å². The molecule has 4 rings (SSSR count). The van der Waals surface area contributed by atoms with Crippen molar-refractivity contribution in [3.8, 4) is 0 Å². The average molecular weight is 335 g/mol. The normalized spacial score (nSPS) is 32.2. The second-order valence-electron chi connectivity index (χ2n) is 6.71. The molecule has 1 aliphatic carbocycles. The van der Waals surface area contributed by atoms with Crippen LogP contribution in [0.5, 0.6) is 0 Å². The smallest absolute Gasteiger partial charge is 0.260 e. The molecule has 2 aromatic rings. The molecule has 2 aliphatic rings. The van der Waals surface area contributed by atoms with E-state index in [0.29, 0.717) is 30.2 Å². The fourth-order valence-corrected chi connectivity index (χ4v) is 3.77. The summed E-state index contributed by atoms with van der Waals surface area (Å²) in [6.45, 7) is 2.26. The van der Waals surface area contributed by atoms with E-state index < -0.39 is 23.9 Å². The molecule has 1 saturated heterocycles. The van der Waals surface area contributed by atoms with E-state index >= 15 is 0 Å². The van der Waals surface area contributed by atoms with Gasteiger partial charge in [0.25, 0.3) is 5.92 Å². The first-order valence-electron chi connectivity index (χ1n) is 8.12. The summed E-state index contributed by atoms with van der Waals surface area (Å²) in [5.74, 6) is -3.34. The molecule has 2 heterocycles. The molecule has 24 heavy (non-hydrogen) atoms. The van der Waals surface area contributed by atoms with Crippen molar-refractivity contribution in [3.05, 3.63) is 47.6 Å². The van der Waals surface area contributed by atoms with E-state index in [4.69, 9.17) is 4.52 Å². The van der Waals surface area contributed by atoms with Crippen LogP contribution < -0.4 is 0 Å². The van der Waals surface area contributed by atoms with Crippen LogP contribution in [0.4, 0.5) is 8.78 Å². The Morgan fingerprint density at radius 1 is 1.33 bits per heavy atom. The van der Waals surface area contributed by atoms with Gasteiger partial charge in [-0.25, -0.2) is 8.78 Å². The van der Waals surface area contributed by atoms with Gasteiger partial charge in [-0.15, -0.1) is 0 Å². The van der Waals surface area contributed by atoms with E-state index in [0.717, 1.165) is 0 Å².